The highest BCUT2D eigenvalue weighted by atomic mass is 19.1. The molecule has 0 spiro atoms. The zero-order valence-corrected chi connectivity index (χ0v) is 14.6. The van der Waals surface area contributed by atoms with Gasteiger partial charge in [0.2, 0.25) is 0 Å². The number of alkyl halides is 1. The quantitative estimate of drug-likeness (QED) is 0.808. The summed E-state index contributed by atoms with van der Waals surface area (Å²) in [5.41, 5.74) is 0.276. The van der Waals surface area contributed by atoms with E-state index >= 15 is 0 Å². The van der Waals surface area contributed by atoms with Crippen molar-refractivity contribution in [2.45, 2.75) is 58.9 Å². The van der Waals surface area contributed by atoms with Crippen molar-refractivity contribution < 1.29 is 13.9 Å². The molecule has 0 radical (unpaired) electrons. The molecule has 0 aliphatic carbocycles. The molecule has 6 nitrogen and oxygen atoms in total. The minimum atomic E-state index is -1.07. The van der Waals surface area contributed by atoms with Crippen LogP contribution in [-0.2, 0) is 4.74 Å². The maximum Gasteiger partial charge on any atom is 0.407 e. The average Bonchev–Trinajstić information content (AvgIpc) is 2.35. The van der Waals surface area contributed by atoms with Crippen LogP contribution in [0.5, 0.6) is 0 Å². The summed E-state index contributed by atoms with van der Waals surface area (Å²) in [6, 6.07) is -0.356. The van der Waals surface area contributed by atoms with Crippen LogP contribution < -0.4 is 5.32 Å². The molecule has 0 aromatic heterocycles. The fraction of sp³-hybridized carbons (Fsp3) is 0.688. The molecule has 1 rings (SSSR count). The Balaban J connectivity index is 2.75. The number of rotatable bonds is 4. The molecule has 0 bridgehead atoms. The third-order valence-electron chi connectivity index (χ3n) is 3.04. The molecule has 2 atom stereocenters. The lowest BCUT2D eigenvalue weighted by Crippen LogP contribution is -2.51. The lowest BCUT2D eigenvalue weighted by molar-refractivity contribution is 0.0450. The largest absolute Gasteiger partial charge is 0.444 e. The molecule has 1 saturated heterocycles. The van der Waals surface area contributed by atoms with E-state index in [4.69, 9.17) is 4.74 Å². The van der Waals surface area contributed by atoms with Crippen molar-refractivity contribution >= 4 is 18.5 Å². The lowest BCUT2D eigenvalue weighted by Gasteiger charge is -2.36. The highest BCUT2D eigenvalue weighted by Gasteiger charge is 2.30. The monoisotopic (exact) mass is 326 g/mol. The molecule has 7 heteroatoms. The number of alkyl carbamates (subject to hydrolysis) is 1. The summed E-state index contributed by atoms with van der Waals surface area (Å²) in [7, 11) is 0. The fourth-order valence-electron chi connectivity index (χ4n) is 2.21. The number of aliphatic imine (C=N–C) groups is 2. The predicted octanol–water partition coefficient (Wildman–Crippen LogP) is 2.90. The number of nitrogens with one attached hydrogen (secondary N) is 1. The summed E-state index contributed by atoms with van der Waals surface area (Å²) >= 11 is 0. The Bertz CT molecular complexity index is 493. The van der Waals surface area contributed by atoms with Gasteiger partial charge in [-0.1, -0.05) is 0 Å². The van der Waals surface area contributed by atoms with Crippen LogP contribution in [0.4, 0.5) is 9.18 Å². The van der Waals surface area contributed by atoms with Gasteiger partial charge < -0.3 is 15.0 Å². The molecule has 1 aliphatic rings. The zero-order chi connectivity index (χ0) is 17.6. The van der Waals surface area contributed by atoms with Gasteiger partial charge in [-0.3, -0.25) is 4.99 Å². The van der Waals surface area contributed by atoms with Gasteiger partial charge in [0.25, 0.3) is 0 Å². The number of ether oxygens (including phenoxy) is 1. The van der Waals surface area contributed by atoms with Gasteiger partial charge in [-0.25, -0.2) is 14.2 Å². The van der Waals surface area contributed by atoms with Crippen LogP contribution in [0.3, 0.4) is 0 Å². The van der Waals surface area contributed by atoms with E-state index < -0.39 is 17.9 Å². The second-order valence-electron chi connectivity index (χ2n) is 6.80. The van der Waals surface area contributed by atoms with Gasteiger partial charge in [0.1, 0.15) is 17.6 Å². The molecule has 0 unspecified atom stereocenters. The van der Waals surface area contributed by atoms with Crippen LogP contribution in [0.2, 0.25) is 0 Å². The molecule has 0 aromatic rings. The molecular weight excluding hydrogens is 299 g/mol. The van der Waals surface area contributed by atoms with E-state index in [1.807, 2.05) is 13.8 Å². The van der Waals surface area contributed by atoms with Crippen molar-refractivity contribution in [1.29, 1.82) is 0 Å². The number of piperidine rings is 1. The number of carbonyl (C=O) groups excluding carboxylic acids is 1. The van der Waals surface area contributed by atoms with Crippen LogP contribution in [-0.4, -0.2) is 54.3 Å². The van der Waals surface area contributed by atoms with Crippen LogP contribution in [0.1, 0.15) is 41.0 Å². The first-order valence-corrected chi connectivity index (χ1v) is 7.67. The molecule has 0 saturated carbocycles. The second-order valence-corrected chi connectivity index (χ2v) is 6.80. The second kappa shape index (κ2) is 8.08. The zero-order valence-electron chi connectivity index (χ0n) is 14.6. The Kier molecular flexibility index (Phi) is 6.72. The molecular formula is C16H27FN4O2. The van der Waals surface area contributed by atoms with E-state index in [1.54, 1.807) is 31.9 Å². The average molecular weight is 326 g/mol. The van der Waals surface area contributed by atoms with E-state index in [9.17, 15) is 9.18 Å². The molecule has 130 valence electrons. The normalized spacial score (nSPS) is 22.3. The van der Waals surface area contributed by atoms with Gasteiger partial charge in [0, 0.05) is 18.7 Å². The van der Waals surface area contributed by atoms with Crippen molar-refractivity contribution in [1.82, 2.24) is 10.2 Å². The standard InChI is InChI=1S/C16H27FN4O2/c1-11(2)19-8-14(18-6)21-9-12(17)7-13(10-21)20-15(22)23-16(3,4)5/h8,12-13H,6-7,9-10H2,1-5H3,(H,20,22)/b14-8+/t12-,13-/m0/s1. The summed E-state index contributed by atoms with van der Waals surface area (Å²) < 4.78 is 19.2. The first-order valence-electron chi connectivity index (χ1n) is 7.67. The Morgan fingerprint density at radius 3 is 2.57 bits per heavy atom. The van der Waals surface area contributed by atoms with Crippen molar-refractivity contribution in [3.05, 3.63) is 12.0 Å². The number of carbonyl (C=O) groups is 1. The smallest absolute Gasteiger partial charge is 0.407 e. The third kappa shape index (κ3) is 7.25. The Hall–Kier alpha value is -1.92. The highest BCUT2D eigenvalue weighted by Crippen LogP contribution is 2.19. The van der Waals surface area contributed by atoms with Crippen LogP contribution >= 0.6 is 0 Å². The molecule has 1 N–H and O–H groups in total. The Labute approximate surface area is 137 Å². The topological polar surface area (TPSA) is 66.3 Å². The van der Waals surface area contributed by atoms with Crippen LogP contribution in [0, 0.1) is 0 Å². The molecule has 1 heterocycles. The first-order chi connectivity index (χ1) is 10.6. The number of halogens is 1. The summed E-state index contributed by atoms with van der Waals surface area (Å²) in [5, 5.41) is 2.71. The maximum absolute atomic E-state index is 14.0. The van der Waals surface area contributed by atoms with E-state index in [0.717, 1.165) is 5.71 Å². The van der Waals surface area contributed by atoms with Gasteiger partial charge in [0.15, 0.2) is 0 Å². The molecule has 1 aliphatic heterocycles. The summed E-state index contributed by atoms with van der Waals surface area (Å²) in [5.74, 6) is 0.490. The van der Waals surface area contributed by atoms with Gasteiger partial charge in [0.05, 0.1) is 18.8 Å². The van der Waals surface area contributed by atoms with Crippen LogP contribution in [0.15, 0.2) is 22.0 Å². The van der Waals surface area contributed by atoms with E-state index in [-0.39, 0.29) is 19.0 Å². The van der Waals surface area contributed by atoms with E-state index in [1.165, 1.54) is 0 Å². The summed E-state index contributed by atoms with van der Waals surface area (Å²) in [4.78, 5) is 21.7. The Morgan fingerprint density at radius 2 is 2.04 bits per heavy atom. The predicted molar refractivity (Wildman–Crippen MR) is 90.7 cm³/mol. The molecule has 23 heavy (non-hydrogen) atoms. The summed E-state index contributed by atoms with van der Waals surface area (Å²) in [6.45, 7) is 13.2. The number of hydrogen-bond donors (Lipinski definition) is 1. The number of nitrogens with zero attached hydrogens (tertiary/aromatic N) is 3. The van der Waals surface area contributed by atoms with E-state index in [2.05, 4.69) is 22.0 Å². The first kappa shape index (κ1) is 19.1. The lowest BCUT2D eigenvalue weighted by atomic mass is 10.0. The molecule has 0 aromatic carbocycles. The van der Waals surface area contributed by atoms with Crippen molar-refractivity contribution in [2.75, 3.05) is 13.1 Å². The van der Waals surface area contributed by atoms with Crippen molar-refractivity contribution in [2.24, 2.45) is 9.98 Å². The third-order valence-corrected chi connectivity index (χ3v) is 3.04. The SMILES string of the molecule is C=N/C(=C\N=C(C)C)N1C[C@@H](F)C[C@H](NC(=O)OC(C)(C)C)C1. The van der Waals surface area contributed by atoms with Crippen molar-refractivity contribution in [3.63, 3.8) is 0 Å². The van der Waals surface area contributed by atoms with Crippen molar-refractivity contribution in [3.8, 4) is 0 Å². The number of amides is 1. The minimum Gasteiger partial charge on any atom is -0.444 e. The highest BCUT2D eigenvalue weighted by molar-refractivity contribution is 5.79. The molecule has 1 fully saturated rings. The van der Waals surface area contributed by atoms with Gasteiger partial charge in [-0.15, -0.1) is 0 Å². The number of likely N-dealkylation sites (tertiary alicyclic amines) is 1. The van der Waals surface area contributed by atoms with Gasteiger partial charge in [-0.05, 0) is 41.3 Å². The minimum absolute atomic E-state index is 0.204. The van der Waals surface area contributed by atoms with E-state index in [0.29, 0.717) is 12.4 Å². The fourth-order valence-corrected chi connectivity index (χ4v) is 2.21. The van der Waals surface area contributed by atoms with Crippen LogP contribution in [0.25, 0.3) is 0 Å². The van der Waals surface area contributed by atoms with Gasteiger partial charge in [-0.2, -0.15) is 0 Å². The summed E-state index contributed by atoms with van der Waals surface area (Å²) in [6.07, 6.45) is 0.192. The maximum atomic E-state index is 14.0. The Morgan fingerprint density at radius 1 is 1.39 bits per heavy atom. The molecule has 1 amide bonds. The van der Waals surface area contributed by atoms with Gasteiger partial charge >= 0.3 is 6.09 Å². The number of hydrogen-bond acceptors (Lipinski definition) is 5.